The fourth-order valence-electron chi connectivity index (χ4n) is 2.13. The number of hydrogen-bond acceptors (Lipinski definition) is 4. The van der Waals surface area contributed by atoms with Crippen molar-refractivity contribution in [1.29, 1.82) is 0 Å². The molecule has 0 spiro atoms. The molecule has 0 atom stereocenters. The van der Waals surface area contributed by atoms with E-state index in [1.807, 2.05) is 0 Å². The summed E-state index contributed by atoms with van der Waals surface area (Å²) in [6, 6.07) is 0. The number of rotatable bonds is 3. The van der Waals surface area contributed by atoms with Crippen LogP contribution in [0.15, 0.2) is 6.20 Å². The van der Waals surface area contributed by atoms with E-state index in [9.17, 15) is 4.79 Å². The van der Waals surface area contributed by atoms with Crippen LogP contribution in [0.1, 0.15) is 12.8 Å². The summed E-state index contributed by atoms with van der Waals surface area (Å²) in [6.45, 7) is 2.28. The summed E-state index contributed by atoms with van der Waals surface area (Å²) >= 11 is 0. The van der Waals surface area contributed by atoms with Crippen molar-refractivity contribution in [2.24, 2.45) is 5.92 Å². The van der Waals surface area contributed by atoms with Crippen molar-refractivity contribution in [2.45, 2.75) is 12.8 Å². The van der Waals surface area contributed by atoms with Crippen LogP contribution in [0.25, 0.3) is 0 Å². The van der Waals surface area contributed by atoms with Gasteiger partial charge in [-0.25, -0.2) is 4.79 Å². The maximum Gasteiger partial charge on any atom is 0.404 e. The van der Waals surface area contributed by atoms with E-state index < -0.39 is 6.09 Å². The molecule has 2 rings (SSSR count). The molecule has 0 aromatic carbocycles. The molecular formula is C10H17N5O2. The number of carboxylic acid groups (broad SMARTS) is 1. The van der Waals surface area contributed by atoms with Crippen molar-refractivity contribution >= 4 is 17.6 Å². The summed E-state index contributed by atoms with van der Waals surface area (Å²) in [7, 11) is 0. The second-order valence-electron chi connectivity index (χ2n) is 4.29. The fraction of sp³-hybridized carbons (Fsp3) is 0.600. The first-order chi connectivity index (χ1) is 8.16. The Morgan fingerprint density at radius 2 is 2.35 bits per heavy atom. The zero-order valence-corrected chi connectivity index (χ0v) is 9.52. The minimum absolute atomic E-state index is 0.409. The van der Waals surface area contributed by atoms with Crippen LogP contribution in [0, 0.1) is 5.92 Å². The van der Waals surface area contributed by atoms with Crippen LogP contribution >= 0.6 is 0 Å². The number of anilines is 2. The molecule has 94 valence electrons. The molecule has 7 heteroatoms. The minimum atomic E-state index is -0.953. The van der Waals surface area contributed by atoms with Crippen LogP contribution in [-0.4, -0.2) is 41.0 Å². The molecule has 1 aliphatic heterocycles. The van der Waals surface area contributed by atoms with Gasteiger partial charge in [0.15, 0.2) is 0 Å². The van der Waals surface area contributed by atoms with E-state index in [0.29, 0.717) is 18.2 Å². The van der Waals surface area contributed by atoms with E-state index in [-0.39, 0.29) is 0 Å². The highest BCUT2D eigenvalue weighted by Crippen LogP contribution is 2.25. The number of aromatic nitrogens is 2. The lowest BCUT2D eigenvalue weighted by atomic mass is 9.97. The van der Waals surface area contributed by atoms with E-state index in [1.54, 1.807) is 6.20 Å². The Hall–Kier alpha value is -1.92. The topological polar surface area (TPSA) is 107 Å². The SMILES string of the molecule is Nc1cn[nH]c1N1CCC(CNC(=O)O)CC1. The van der Waals surface area contributed by atoms with E-state index in [4.69, 9.17) is 10.8 Å². The Balaban J connectivity index is 1.82. The second kappa shape index (κ2) is 4.94. The number of carbonyl (C=O) groups is 1. The Kier molecular flexibility index (Phi) is 3.36. The largest absolute Gasteiger partial charge is 0.465 e. The van der Waals surface area contributed by atoms with E-state index in [1.165, 1.54) is 0 Å². The first-order valence-corrected chi connectivity index (χ1v) is 5.67. The predicted octanol–water partition coefficient (Wildman–Crippen LogP) is 0.476. The maximum atomic E-state index is 10.4. The lowest BCUT2D eigenvalue weighted by Crippen LogP contribution is -2.38. The number of amides is 1. The highest BCUT2D eigenvalue weighted by Gasteiger charge is 2.21. The van der Waals surface area contributed by atoms with Gasteiger partial charge in [-0.05, 0) is 18.8 Å². The Morgan fingerprint density at radius 1 is 1.65 bits per heavy atom. The van der Waals surface area contributed by atoms with Crippen LogP contribution < -0.4 is 16.0 Å². The van der Waals surface area contributed by atoms with Gasteiger partial charge in [-0.3, -0.25) is 5.10 Å². The first kappa shape index (κ1) is 11.6. The molecule has 0 radical (unpaired) electrons. The lowest BCUT2D eigenvalue weighted by Gasteiger charge is -2.32. The van der Waals surface area contributed by atoms with Crippen LogP contribution in [0.4, 0.5) is 16.3 Å². The highest BCUT2D eigenvalue weighted by molar-refractivity contribution is 5.64. The number of H-pyrrole nitrogens is 1. The third-order valence-electron chi connectivity index (χ3n) is 3.12. The third kappa shape index (κ3) is 2.80. The summed E-state index contributed by atoms with van der Waals surface area (Å²) < 4.78 is 0. The first-order valence-electron chi connectivity index (χ1n) is 5.67. The molecule has 0 unspecified atom stereocenters. The van der Waals surface area contributed by atoms with E-state index in [0.717, 1.165) is 31.7 Å². The van der Waals surface area contributed by atoms with Crippen molar-refractivity contribution in [3.63, 3.8) is 0 Å². The summed E-state index contributed by atoms with van der Waals surface area (Å²) in [4.78, 5) is 12.5. The van der Waals surface area contributed by atoms with Gasteiger partial charge in [0.25, 0.3) is 0 Å². The molecule has 2 heterocycles. The van der Waals surface area contributed by atoms with Gasteiger partial charge in [-0.1, -0.05) is 0 Å². The van der Waals surface area contributed by atoms with Gasteiger partial charge >= 0.3 is 6.09 Å². The number of nitrogens with one attached hydrogen (secondary N) is 2. The number of piperidine rings is 1. The molecule has 0 saturated carbocycles. The predicted molar refractivity (Wildman–Crippen MR) is 64.0 cm³/mol. The number of hydrogen-bond donors (Lipinski definition) is 4. The van der Waals surface area contributed by atoms with Gasteiger partial charge in [0.2, 0.25) is 0 Å². The van der Waals surface area contributed by atoms with Crippen LogP contribution in [0.3, 0.4) is 0 Å². The minimum Gasteiger partial charge on any atom is -0.465 e. The molecule has 1 aromatic rings. The van der Waals surface area contributed by atoms with E-state index >= 15 is 0 Å². The molecule has 1 amide bonds. The third-order valence-corrected chi connectivity index (χ3v) is 3.12. The molecule has 1 saturated heterocycles. The molecule has 17 heavy (non-hydrogen) atoms. The van der Waals surface area contributed by atoms with E-state index in [2.05, 4.69) is 20.4 Å². The van der Waals surface area contributed by atoms with Gasteiger partial charge in [-0.2, -0.15) is 5.10 Å². The quantitative estimate of drug-likeness (QED) is 0.613. The number of aromatic amines is 1. The summed E-state index contributed by atoms with van der Waals surface area (Å²) in [5.41, 5.74) is 6.44. The second-order valence-corrected chi connectivity index (χ2v) is 4.29. The van der Waals surface area contributed by atoms with Crippen LogP contribution in [-0.2, 0) is 0 Å². The number of nitrogen functional groups attached to an aromatic ring is 1. The zero-order valence-electron chi connectivity index (χ0n) is 9.52. The Morgan fingerprint density at radius 3 is 2.88 bits per heavy atom. The molecule has 1 aliphatic rings. The molecule has 0 aliphatic carbocycles. The van der Waals surface area contributed by atoms with Gasteiger partial charge in [0.1, 0.15) is 5.82 Å². The van der Waals surface area contributed by atoms with Crippen molar-refractivity contribution in [2.75, 3.05) is 30.3 Å². The van der Waals surface area contributed by atoms with Crippen LogP contribution in [0.5, 0.6) is 0 Å². The van der Waals surface area contributed by atoms with Gasteiger partial charge in [0, 0.05) is 19.6 Å². The zero-order chi connectivity index (χ0) is 12.3. The van der Waals surface area contributed by atoms with Gasteiger partial charge in [-0.15, -0.1) is 0 Å². The summed E-state index contributed by atoms with van der Waals surface area (Å²) in [6.07, 6.45) is 2.57. The van der Waals surface area contributed by atoms with Crippen molar-refractivity contribution in [1.82, 2.24) is 15.5 Å². The van der Waals surface area contributed by atoms with Gasteiger partial charge in [0.05, 0.1) is 11.9 Å². The molecule has 1 aromatic heterocycles. The normalized spacial score (nSPS) is 17.1. The average molecular weight is 239 g/mol. The maximum absolute atomic E-state index is 10.4. The average Bonchev–Trinajstić information content (AvgIpc) is 2.73. The van der Waals surface area contributed by atoms with Crippen molar-refractivity contribution in [3.05, 3.63) is 6.20 Å². The number of nitrogens with zero attached hydrogens (tertiary/aromatic N) is 2. The molecular weight excluding hydrogens is 222 g/mol. The molecule has 5 N–H and O–H groups in total. The molecule has 7 nitrogen and oxygen atoms in total. The Labute approximate surface area is 99.0 Å². The van der Waals surface area contributed by atoms with Crippen molar-refractivity contribution in [3.8, 4) is 0 Å². The van der Waals surface area contributed by atoms with Gasteiger partial charge < -0.3 is 21.1 Å². The standard InChI is InChI=1S/C10H17N5O2/c11-8-6-13-14-9(8)15-3-1-7(2-4-15)5-12-10(16)17/h6-7,12H,1-5,11H2,(H,13,14)(H,16,17). The fourth-order valence-corrected chi connectivity index (χ4v) is 2.13. The Bertz CT molecular complexity index is 384. The monoisotopic (exact) mass is 239 g/mol. The number of nitrogens with two attached hydrogens (primary N) is 1. The lowest BCUT2D eigenvalue weighted by molar-refractivity contribution is 0.191. The molecule has 0 bridgehead atoms. The molecule has 1 fully saturated rings. The summed E-state index contributed by atoms with van der Waals surface area (Å²) in [5.74, 6) is 1.28. The summed E-state index contributed by atoms with van der Waals surface area (Å²) in [5, 5.41) is 17.7. The smallest absolute Gasteiger partial charge is 0.404 e. The highest BCUT2D eigenvalue weighted by atomic mass is 16.4. The van der Waals surface area contributed by atoms with Crippen molar-refractivity contribution < 1.29 is 9.90 Å². The van der Waals surface area contributed by atoms with Crippen LogP contribution in [0.2, 0.25) is 0 Å².